The molecule has 2 atom stereocenters. The number of carbonyl (C=O) groups excluding carboxylic acids is 2. The lowest BCUT2D eigenvalue weighted by atomic mass is 9.93. The molecule has 8 nitrogen and oxygen atoms in total. The standard InChI is InChI=1S/C19H27N3O3.CH2O2/c1-20-9-8-17(23)16(13-20)19(25)22-12-11-21(18(24)14-22)10-7-15-5-3-2-4-6-15;2-1-3/h2-6,16-17,23H,7-14H2,1H3;1H,(H,2,3)/t16-,17+;/m1./s1. The van der Waals surface area contributed by atoms with Crippen LogP contribution in [0.25, 0.3) is 0 Å². The predicted molar refractivity (Wildman–Crippen MR) is 104 cm³/mol. The molecule has 0 bridgehead atoms. The van der Waals surface area contributed by atoms with Crippen LogP contribution in [0.15, 0.2) is 30.3 Å². The lowest BCUT2D eigenvalue weighted by molar-refractivity contribution is -0.151. The molecule has 8 heteroatoms. The number of amides is 2. The number of carboxylic acid groups (broad SMARTS) is 1. The summed E-state index contributed by atoms with van der Waals surface area (Å²) < 4.78 is 0. The van der Waals surface area contributed by atoms with Gasteiger partial charge in [0.2, 0.25) is 11.8 Å². The highest BCUT2D eigenvalue weighted by molar-refractivity contribution is 5.87. The molecule has 2 fully saturated rings. The maximum absolute atomic E-state index is 12.7. The van der Waals surface area contributed by atoms with Gasteiger partial charge in [-0.3, -0.25) is 14.4 Å². The summed E-state index contributed by atoms with van der Waals surface area (Å²) >= 11 is 0. The van der Waals surface area contributed by atoms with Crippen molar-refractivity contribution in [1.29, 1.82) is 0 Å². The third-order valence-electron chi connectivity index (χ3n) is 5.24. The van der Waals surface area contributed by atoms with E-state index >= 15 is 0 Å². The van der Waals surface area contributed by atoms with Crippen LogP contribution in [-0.4, -0.2) is 95.6 Å². The summed E-state index contributed by atoms with van der Waals surface area (Å²) in [5, 5.41) is 17.0. The summed E-state index contributed by atoms with van der Waals surface area (Å²) in [5.74, 6) is -0.508. The number of nitrogens with zero attached hydrogens (tertiary/aromatic N) is 3. The molecule has 0 aliphatic carbocycles. The summed E-state index contributed by atoms with van der Waals surface area (Å²) in [6.07, 6.45) is 0.833. The van der Waals surface area contributed by atoms with Crippen LogP contribution in [-0.2, 0) is 20.8 Å². The normalized spacial score (nSPS) is 23.0. The molecule has 0 aromatic heterocycles. The number of aliphatic hydroxyl groups is 1. The zero-order chi connectivity index (χ0) is 20.5. The van der Waals surface area contributed by atoms with Crippen molar-refractivity contribution in [2.45, 2.75) is 18.9 Å². The number of piperazine rings is 1. The molecule has 0 spiro atoms. The Bertz CT molecular complexity index is 655. The number of piperidine rings is 1. The minimum absolute atomic E-state index is 0.00538. The van der Waals surface area contributed by atoms with E-state index in [9.17, 15) is 14.7 Å². The van der Waals surface area contributed by atoms with Crippen molar-refractivity contribution in [2.75, 3.05) is 46.3 Å². The number of likely N-dealkylation sites (tertiary alicyclic amines) is 1. The fraction of sp³-hybridized carbons (Fsp3) is 0.550. The zero-order valence-corrected chi connectivity index (χ0v) is 16.2. The van der Waals surface area contributed by atoms with Crippen LogP contribution >= 0.6 is 0 Å². The quantitative estimate of drug-likeness (QED) is 0.696. The molecule has 2 N–H and O–H groups in total. The topological polar surface area (TPSA) is 101 Å². The second-order valence-corrected chi connectivity index (χ2v) is 7.21. The molecule has 3 rings (SSSR count). The molecule has 0 unspecified atom stereocenters. The second kappa shape index (κ2) is 10.8. The SMILES string of the molecule is CN1CC[C@H](O)[C@H](C(=O)N2CCN(CCc3ccccc3)C(=O)C2)C1.O=CO. The third kappa shape index (κ3) is 6.03. The summed E-state index contributed by atoms with van der Waals surface area (Å²) in [6, 6.07) is 10.1. The summed E-state index contributed by atoms with van der Waals surface area (Å²) in [5.41, 5.74) is 1.21. The van der Waals surface area contributed by atoms with Crippen LogP contribution in [0.2, 0.25) is 0 Å². The van der Waals surface area contributed by atoms with E-state index in [2.05, 4.69) is 17.0 Å². The van der Waals surface area contributed by atoms with Gasteiger partial charge < -0.3 is 24.9 Å². The van der Waals surface area contributed by atoms with Crippen LogP contribution in [0, 0.1) is 5.92 Å². The minimum Gasteiger partial charge on any atom is -0.483 e. The number of hydrogen-bond acceptors (Lipinski definition) is 5. The van der Waals surface area contributed by atoms with Gasteiger partial charge >= 0.3 is 0 Å². The van der Waals surface area contributed by atoms with Crippen molar-refractivity contribution >= 4 is 18.3 Å². The smallest absolute Gasteiger partial charge is 0.290 e. The van der Waals surface area contributed by atoms with E-state index in [1.807, 2.05) is 30.1 Å². The Kier molecular flexibility index (Phi) is 8.41. The van der Waals surface area contributed by atoms with E-state index < -0.39 is 12.0 Å². The van der Waals surface area contributed by atoms with Crippen LogP contribution in [0.1, 0.15) is 12.0 Å². The summed E-state index contributed by atoms with van der Waals surface area (Å²) in [4.78, 5) is 39.0. The molecular weight excluding hydrogens is 362 g/mol. The lowest BCUT2D eigenvalue weighted by Gasteiger charge is -2.39. The highest BCUT2D eigenvalue weighted by Gasteiger charge is 2.37. The van der Waals surface area contributed by atoms with Crippen LogP contribution in [0.3, 0.4) is 0 Å². The lowest BCUT2D eigenvalue weighted by Crippen LogP contribution is -2.57. The average Bonchev–Trinajstić information content (AvgIpc) is 2.70. The molecular formula is C20H29N3O5. The first-order valence-electron chi connectivity index (χ1n) is 9.51. The number of benzene rings is 1. The zero-order valence-electron chi connectivity index (χ0n) is 16.2. The van der Waals surface area contributed by atoms with Gasteiger partial charge in [0, 0.05) is 32.7 Å². The number of rotatable bonds is 4. The fourth-order valence-corrected chi connectivity index (χ4v) is 3.62. The maximum atomic E-state index is 12.7. The summed E-state index contributed by atoms with van der Waals surface area (Å²) in [6.45, 7) is 3.03. The molecule has 2 aliphatic rings. The molecule has 0 radical (unpaired) electrons. The van der Waals surface area contributed by atoms with Crippen molar-refractivity contribution < 1.29 is 24.6 Å². The van der Waals surface area contributed by atoms with Crippen molar-refractivity contribution in [3.63, 3.8) is 0 Å². The first-order valence-corrected chi connectivity index (χ1v) is 9.51. The first kappa shape index (κ1) is 21.8. The molecule has 0 saturated carbocycles. The number of carbonyl (C=O) groups is 3. The molecule has 154 valence electrons. The van der Waals surface area contributed by atoms with E-state index in [4.69, 9.17) is 9.90 Å². The van der Waals surface area contributed by atoms with E-state index in [0.717, 1.165) is 13.0 Å². The van der Waals surface area contributed by atoms with Crippen LogP contribution in [0.4, 0.5) is 0 Å². The monoisotopic (exact) mass is 391 g/mol. The third-order valence-corrected chi connectivity index (χ3v) is 5.24. The van der Waals surface area contributed by atoms with Crippen molar-refractivity contribution in [3.05, 3.63) is 35.9 Å². The van der Waals surface area contributed by atoms with Gasteiger partial charge in [0.15, 0.2) is 0 Å². The number of hydrogen-bond donors (Lipinski definition) is 2. The highest BCUT2D eigenvalue weighted by Crippen LogP contribution is 2.20. The van der Waals surface area contributed by atoms with Gasteiger partial charge in [0.05, 0.1) is 18.6 Å². The molecule has 28 heavy (non-hydrogen) atoms. The predicted octanol–water partition coefficient (Wildman–Crippen LogP) is -0.0867. The molecule has 2 aliphatic heterocycles. The Morgan fingerprint density at radius 2 is 1.89 bits per heavy atom. The molecule has 2 saturated heterocycles. The Hall–Kier alpha value is -2.45. The number of aliphatic hydroxyl groups excluding tert-OH is 1. The van der Waals surface area contributed by atoms with Gasteiger partial charge in [-0.1, -0.05) is 30.3 Å². The van der Waals surface area contributed by atoms with Gasteiger partial charge in [-0.25, -0.2) is 0 Å². The first-order chi connectivity index (χ1) is 13.5. The van der Waals surface area contributed by atoms with Gasteiger partial charge in [-0.05, 0) is 25.5 Å². The largest absolute Gasteiger partial charge is 0.483 e. The Morgan fingerprint density at radius 3 is 2.54 bits per heavy atom. The van der Waals surface area contributed by atoms with Crippen LogP contribution in [0.5, 0.6) is 0 Å². The van der Waals surface area contributed by atoms with Gasteiger partial charge in [0.25, 0.3) is 6.47 Å². The van der Waals surface area contributed by atoms with E-state index in [0.29, 0.717) is 32.6 Å². The molecule has 2 amide bonds. The minimum atomic E-state index is -0.602. The molecule has 1 aromatic carbocycles. The van der Waals surface area contributed by atoms with Crippen LogP contribution < -0.4 is 0 Å². The van der Waals surface area contributed by atoms with Gasteiger partial charge in [-0.2, -0.15) is 0 Å². The van der Waals surface area contributed by atoms with Crippen molar-refractivity contribution in [3.8, 4) is 0 Å². The second-order valence-electron chi connectivity index (χ2n) is 7.21. The fourth-order valence-electron chi connectivity index (χ4n) is 3.62. The van der Waals surface area contributed by atoms with Gasteiger partial charge in [-0.15, -0.1) is 0 Å². The molecule has 2 heterocycles. The van der Waals surface area contributed by atoms with E-state index in [-0.39, 0.29) is 24.8 Å². The summed E-state index contributed by atoms with van der Waals surface area (Å²) in [7, 11) is 1.96. The Labute approximate surface area is 165 Å². The highest BCUT2D eigenvalue weighted by atomic mass is 16.3. The Balaban J connectivity index is 0.000000878. The Morgan fingerprint density at radius 1 is 1.21 bits per heavy atom. The van der Waals surface area contributed by atoms with E-state index in [1.165, 1.54) is 5.56 Å². The molecule has 1 aromatic rings. The average molecular weight is 391 g/mol. The van der Waals surface area contributed by atoms with Crippen molar-refractivity contribution in [2.24, 2.45) is 5.92 Å². The maximum Gasteiger partial charge on any atom is 0.290 e. The van der Waals surface area contributed by atoms with E-state index in [1.54, 1.807) is 4.90 Å². The van der Waals surface area contributed by atoms with Gasteiger partial charge in [0.1, 0.15) is 0 Å². The van der Waals surface area contributed by atoms with Crippen molar-refractivity contribution in [1.82, 2.24) is 14.7 Å².